The third-order valence-corrected chi connectivity index (χ3v) is 2.21. The number of rotatable bonds is 5. The van der Waals surface area contributed by atoms with Gasteiger partial charge in [-0.1, -0.05) is 6.92 Å². The highest BCUT2D eigenvalue weighted by Crippen LogP contribution is 2.32. The summed E-state index contributed by atoms with van der Waals surface area (Å²) in [7, 11) is 0. The Morgan fingerprint density at radius 3 is 2.54 bits per heavy atom. The first-order valence-electron chi connectivity index (χ1n) is 4.65. The van der Waals surface area contributed by atoms with Crippen molar-refractivity contribution < 1.29 is 14.7 Å². The zero-order valence-corrected chi connectivity index (χ0v) is 7.75. The molecule has 0 bridgehead atoms. The lowest BCUT2D eigenvalue weighted by atomic mass is 10.2. The van der Waals surface area contributed by atoms with Crippen molar-refractivity contribution in [2.75, 3.05) is 0 Å². The zero-order valence-electron chi connectivity index (χ0n) is 7.75. The molecule has 1 aliphatic carbocycles. The fraction of sp³-hybridized carbons (Fsp3) is 0.778. The Bertz CT molecular complexity index is 211. The van der Waals surface area contributed by atoms with Crippen LogP contribution in [-0.2, 0) is 9.59 Å². The minimum atomic E-state index is -0.952. The van der Waals surface area contributed by atoms with E-state index in [0.717, 1.165) is 12.8 Å². The van der Waals surface area contributed by atoms with Gasteiger partial charge >= 0.3 is 5.97 Å². The number of carboxylic acids is 1. The summed E-state index contributed by atoms with van der Waals surface area (Å²) in [5.41, 5.74) is 0. The molecule has 1 atom stereocenters. The molecule has 0 aromatic rings. The maximum Gasteiger partial charge on any atom is 0.326 e. The molecule has 1 aliphatic rings. The molecule has 2 N–H and O–H groups in total. The lowest BCUT2D eigenvalue weighted by molar-refractivity contribution is -0.141. The van der Waals surface area contributed by atoms with Gasteiger partial charge in [-0.25, -0.2) is 4.79 Å². The summed E-state index contributed by atoms with van der Waals surface area (Å²) in [6.45, 7) is 1.75. The van der Waals surface area contributed by atoms with Crippen molar-refractivity contribution >= 4 is 11.9 Å². The van der Waals surface area contributed by atoms with Gasteiger partial charge in [-0.2, -0.15) is 0 Å². The number of carbonyl (C=O) groups excluding carboxylic acids is 1. The number of carbonyl (C=O) groups is 2. The molecule has 0 saturated heterocycles. The van der Waals surface area contributed by atoms with Gasteiger partial charge in [0.15, 0.2) is 0 Å². The predicted octanol–water partition coefficient (Wildman–Crippen LogP) is 0.766. The number of aliphatic carboxylic acids is 1. The van der Waals surface area contributed by atoms with E-state index >= 15 is 0 Å². The quantitative estimate of drug-likeness (QED) is 0.664. The number of hydrogen-bond acceptors (Lipinski definition) is 2. The van der Waals surface area contributed by atoms with E-state index in [0.29, 0.717) is 18.8 Å². The molecule has 0 radical (unpaired) electrons. The van der Waals surface area contributed by atoms with Crippen molar-refractivity contribution in [3.8, 4) is 0 Å². The molecule has 0 aromatic heterocycles. The summed E-state index contributed by atoms with van der Waals surface area (Å²) in [6.07, 6.45) is 3.14. The van der Waals surface area contributed by atoms with E-state index in [2.05, 4.69) is 5.32 Å². The number of amides is 1. The Balaban J connectivity index is 2.26. The molecule has 1 amide bonds. The third-order valence-electron chi connectivity index (χ3n) is 2.21. The first kappa shape index (κ1) is 10.0. The first-order valence-corrected chi connectivity index (χ1v) is 4.65. The molecule has 0 aliphatic heterocycles. The molecule has 0 unspecified atom stereocenters. The van der Waals surface area contributed by atoms with E-state index in [4.69, 9.17) is 5.11 Å². The monoisotopic (exact) mass is 185 g/mol. The Morgan fingerprint density at radius 1 is 1.54 bits per heavy atom. The summed E-state index contributed by atoms with van der Waals surface area (Å²) in [4.78, 5) is 21.7. The van der Waals surface area contributed by atoms with Crippen molar-refractivity contribution in [2.24, 2.45) is 5.92 Å². The Labute approximate surface area is 77.3 Å². The summed E-state index contributed by atoms with van der Waals surface area (Å²) in [6, 6.07) is -0.716. The largest absolute Gasteiger partial charge is 0.480 e. The Morgan fingerprint density at radius 2 is 2.15 bits per heavy atom. The maximum atomic E-state index is 11.2. The van der Waals surface area contributed by atoms with Crippen LogP contribution in [0, 0.1) is 5.92 Å². The van der Waals surface area contributed by atoms with Crippen LogP contribution in [0.25, 0.3) is 0 Å². The number of nitrogens with one attached hydrogen (secondary N) is 1. The highest BCUT2D eigenvalue weighted by atomic mass is 16.4. The normalized spacial score (nSPS) is 17.9. The Kier molecular flexibility index (Phi) is 3.28. The van der Waals surface area contributed by atoms with Crippen LogP contribution >= 0.6 is 0 Å². The number of carboxylic acid groups (broad SMARTS) is 1. The van der Waals surface area contributed by atoms with Crippen LogP contribution in [0.1, 0.15) is 32.6 Å². The maximum absolute atomic E-state index is 11.2. The topological polar surface area (TPSA) is 66.4 Å². The van der Waals surface area contributed by atoms with E-state index in [-0.39, 0.29) is 5.91 Å². The fourth-order valence-corrected chi connectivity index (χ4v) is 1.18. The molecule has 1 saturated carbocycles. The molecular weight excluding hydrogens is 170 g/mol. The van der Waals surface area contributed by atoms with Gasteiger partial charge in [0.1, 0.15) is 6.04 Å². The first-order chi connectivity index (χ1) is 6.13. The van der Waals surface area contributed by atoms with Gasteiger partial charge in [-0.3, -0.25) is 4.79 Å². The van der Waals surface area contributed by atoms with Crippen LogP contribution in [0.2, 0.25) is 0 Å². The van der Waals surface area contributed by atoms with E-state index in [9.17, 15) is 9.59 Å². The van der Waals surface area contributed by atoms with E-state index in [1.165, 1.54) is 0 Å². The predicted molar refractivity (Wildman–Crippen MR) is 47.2 cm³/mol. The van der Waals surface area contributed by atoms with Gasteiger partial charge in [-0.05, 0) is 25.2 Å². The zero-order chi connectivity index (χ0) is 9.84. The molecule has 0 aromatic carbocycles. The van der Waals surface area contributed by atoms with Crippen LogP contribution in [0.5, 0.6) is 0 Å². The van der Waals surface area contributed by atoms with E-state index in [1.807, 2.05) is 0 Å². The molecule has 13 heavy (non-hydrogen) atoms. The van der Waals surface area contributed by atoms with Gasteiger partial charge in [0, 0.05) is 6.42 Å². The van der Waals surface area contributed by atoms with Crippen molar-refractivity contribution in [3.63, 3.8) is 0 Å². The summed E-state index contributed by atoms with van der Waals surface area (Å²) >= 11 is 0. The second-order valence-electron chi connectivity index (χ2n) is 3.51. The molecular formula is C9H15NO3. The standard InChI is InChI=1S/C9H15NO3/c1-2-7(9(12)13)10-8(11)5-6-3-4-6/h6-7H,2-5H2,1H3,(H,10,11)(H,12,13)/t7-/m1/s1. The average molecular weight is 185 g/mol. The molecule has 74 valence electrons. The second-order valence-corrected chi connectivity index (χ2v) is 3.51. The van der Waals surface area contributed by atoms with Crippen LogP contribution in [0.4, 0.5) is 0 Å². The lowest BCUT2D eigenvalue weighted by Gasteiger charge is -2.11. The van der Waals surface area contributed by atoms with Crippen LogP contribution in [0.15, 0.2) is 0 Å². The van der Waals surface area contributed by atoms with Crippen molar-refractivity contribution in [1.82, 2.24) is 5.32 Å². The van der Waals surface area contributed by atoms with Crippen molar-refractivity contribution in [1.29, 1.82) is 0 Å². The van der Waals surface area contributed by atoms with Crippen molar-refractivity contribution in [2.45, 2.75) is 38.6 Å². The molecule has 0 heterocycles. The molecule has 1 rings (SSSR count). The highest BCUT2D eigenvalue weighted by Gasteiger charge is 2.26. The second kappa shape index (κ2) is 4.25. The lowest BCUT2D eigenvalue weighted by Crippen LogP contribution is -2.40. The van der Waals surface area contributed by atoms with Crippen LogP contribution in [0.3, 0.4) is 0 Å². The minimum Gasteiger partial charge on any atom is -0.480 e. The minimum absolute atomic E-state index is 0.128. The van der Waals surface area contributed by atoms with E-state index in [1.54, 1.807) is 6.92 Å². The van der Waals surface area contributed by atoms with Gasteiger partial charge in [0.2, 0.25) is 5.91 Å². The number of hydrogen-bond donors (Lipinski definition) is 2. The van der Waals surface area contributed by atoms with E-state index < -0.39 is 12.0 Å². The third kappa shape index (κ3) is 3.44. The summed E-state index contributed by atoms with van der Waals surface area (Å²) in [5.74, 6) is -0.574. The highest BCUT2D eigenvalue weighted by molar-refractivity contribution is 5.83. The smallest absolute Gasteiger partial charge is 0.326 e. The molecule has 0 spiro atoms. The van der Waals surface area contributed by atoms with Gasteiger partial charge in [0.05, 0.1) is 0 Å². The summed E-state index contributed by atoms with van der Waals surface area (Å²) in [5, 5.41) is 11.2. The summed E-state index contributed by atoms with van der Waals surface area (Å²) < 4.78 is 0. The SMILES string of the molecule is CC[C@@H](NC(=O)CC1CC1)C(=O)O. The molecule has 1 fully saturated rings. The molecule has 4 heteroatoms. The van der Waals surface area contributed by atoms with Gasteiger partial charge in [-0.15, -0.1) is 0 Å². The van der Waals surface area contributed by atoms with Crippen LogP contribution in [-0.4, -0.2) is 23.0 Å². The Hall–Kier alpha value is -1.06. The average Bonchev–Trinajstić information content (AvgIpc) is 2.83. The molecule has 4 nitrogen and oxygen atoms in total. The van der Waals surface area contributed by atoms with Gasteiger partial charge < -0.3 is 10.4 Å². The van der Waals surface area contributed by atoms with Crippen molar-refractivity contribution in [3.05, 3.63) is 0 Å². The fourth-order valence-electron chi connectivity index (χ4n) is 1.18. The van der Waals surface area contributed by atoms with Crippen LogP contribution < -0.4 is 5.32 Å². The van der Waals surface area contributed by atoms with Gasteiger partial charge in [0.25, 0.3) is 0 Å².